The molecule has 0 bridgehead atoms. The molecule has 0 aliphatic carbocycles. The van der Waals surface area contributed by atoms with E-state index >= 15 is 0 Å². The highest BCUT2D eigenvalue weighted by molar-refractivity contribution is 7.07. The minimum atomic E-state index is 1.11. The third-order valence-corrected chi connectivity index (χ3v) is 1.90. The van der Waals surface area contributed by atoms with Crippen molar-refractivity contribution in [2.75, 3.05) is 0 Å². The van der Waals surface area contributed by atoms with E-state index < -0.39 is 0 Å². The van der Waals surface area contributed by atoms with E-state index in [-0.39, 0.29) is 0 Å². The molecule has 0 saturated heterocycles. The third-order valence-electron chi connectivity index (χ3n) is 1.19. The smallest absolute Gasteiger partial charge is 0.0794 e. The Morgan fingerprint density at radius 2 is 2.33 bits per heavy atom. The number of aryl methyl sites for hydroxylation is 2. The van der Waals surface area contributed by atoms with Gasteiger partial charge in [0.1, 0.15) is 0 Å². The molecule has 0 saturated carbocycles. The molecule has 0 fully saturated rings. The Bertz CT molecular complexity index is 254. The van der Waals surface area contributed by atoms with E-state index in [1.54, 1.807) is 22.2 Å². The van der Waals surface area contributed by atoms with Crippen molar-refractivity contribution in [2.24, 2.45) is 7.05 Å². The Balaban J connectivity index is 0.000000120. The van der Waals surface area contributed by atoms with E-state index in [2.05, 4.69) is 10.1 Å². The van der Waals surface area contributed by atoms with Gasteiger partial charge in [-0.25, -0.2) is 0 Å². The van der Waals surface area contributed by atoms with Gasteiger partial charge in [0.2, 0.25) is 0 Å². The SMILES string of the molecule is Cc1cscn1.Cn1cccn1. The monoisotopic (exact) mass is 181 g/mol. The first-order valence-electron chi connectivity index (χ1n) is 3.57. The highest BCUT2D eigenvalue weighted by atomic mass is 32.1. The molecule has 0 radical (unpaired) electrons. The zero-order valence-corrected chi connectivity index (χ0v) is 7.95. The summed E-state index contributed by atoms with van der Waals surface area (Å²) in [4.78, 5) is 3.94. The Morgan fingerprint density at radius 1 is 1.50 bits per heavy atom. The predicted octanol–water partition coefficient (Wildman–Crippen LogP) is 1.87. The Labute approximate surface area is 75.7 Å². The molecule has 4 heteroatoms. The standard InChI is InChI=1S/C4H6N2.C4H5NS/c1-6-4-2-3-5-6;1-4-2-6-3-5-4/h2-4H,1H3;2-3H,1H3. The molecule has 0 aliphatic heterocycles. The Hall–Kier alpha value is -1.16. The Morgan fingerprint density at radius 3 is 2.50 bits per heavy atom. The number of hydrogen-bond donors (Lipinski definition) is 0. The van der Waals surface area contributed by atoms with Gasteiger partial charge in [-0.3, -0.25) is 9.67 Å². The predicted molar refractivity (Wildman–Crippen MR) is 50.1 cm³/mol. The summed E-state index contributed by atoms with van der Waals surface area (Å²) in [6.07, 6.45) is 3.64. The van der Waals surface area contributed by atoms with Crippen LogP contribution >= 0.6 is 11.3 Å². The van der Waals surface area contributed by atoms with Gasteiger partial charge in [-0.15, -0.1) is 11.3 Å². The van der Waals surface area contributed by atoms with Gasteiger partial charge in [0.15, 0.2) is 0 Å². The lowest BCUT2D eigenvalue weighted by Gasteiger charge is -1.77. The minimum Gasteiger partial charge on any atom is -0.276 e. The van der Waals surface area contributed by atoms with Crippen molar-refractivity contribution in [2.45, 2.75) is 6.92 Å². The molecule has 12 heavy (non-hydrogen) atoms. The molecule has 64 valence electrons. The van der Waals surface area contributed by atoms with Crippen LogP contribution in [0.25, 0.3) is 0 Å². The second-order valence-electron chi connectivity index (χ2n) is 2.31. The molecule has 0 amide bonds. The van der Waals surface area contributed by atoms with Crippen molar-refractivity contribution >= 4 is 11.3 Å². The van der Waals surface area contributed by atoms with Gasteiger partial charge in [0.05, 0.1) is 5.51 Å². The van der Waals surface area contributed by atoms with Crippen LogP contribution in [0.5, 0.6) is 0 Å². The van der Waals surface area contributed by atoms with Gasteiger partial charge in [-0.1, -0.05) is 0 Å². The second-order valence-corrected chi connectivity index (χ2v) is 3.03. The number of nitrogens with zero attached hydrogens (tertiary/aromatic N) is 3. The lowest BCUT2D eigenvalue weighted by molar-refractivity contribution is 0.768. The van der Waals surface area contributed by atoms with Crippen LogP contribution in [0.3, 0.4) is 0 Å². The van der Waals surface area contributed by atoms with Crippen molar-refractivity contribution in [3.05, 3.63) is 35.0 Å². The normalized spacial score (nSPS) is 8.83. The molecular weight excluding hydrogens is 170 g/mol. The fourth-order valence-electron chi connectivity index (χ4n) is 0.618. The zero-order valence-electron chi connectivity index (χ0n) is 7.14. The highest BCUT2D eigenvalue weighted by Gasteiger charge is 1.76. The zero-order chi connectivity index (χ0) is 8.81. The van der Waals surface area contributed by atoms with E-state index in [4.69, 9.17) is 0 Å². The van der Waals surface area contributed by atoms with Gasteiger partial charge in [0, 0.05) is 30.5 Å². The minimum absolute atomic E-state index is 1.11. The van der Waals surface area contributed by atoms with Crippen LogP contribution < -0.4 is 0 Å². The van der Waals surface area contributed by atoms with Crippen LogP contribution in [-0.4, -0.2) is 14.8 Å². The van der Waals surface area contributed by atoms with Crippen LogP contribution in [0.4, 0.5) is 0 Å². The summed E-state index contributed by atoms with van der Waals surface area (Å²) in [6.45, 7) is 1.98. The maximum Gasteiger partial charge on any atom is 0.0794 e. The fraction of sp³-hybridized carbons (Fsp3) is 0.250. The maximum atomic E-state index is 3.94. The van der Waals surface area contributed by atoms with E-state index in [0.29, 0.717) is 0 Å². The first-order chi connectivity index (χ1) is 5.79. The number of aromatic nitrogens is 3. The average Bonchev–Trinajstić information content (AvgIpc) is 2.63. The molecule has 2 heterocycles. The molecule has 0 atom stereocenters. The van der Waals surface area contributed by atoms with Crippen molar-refractivity contribution in [1.82, 2.24) is 14.8 Å². The van der Waals surface area contributed by atoms with Crippen LogP contribution in [0, 0.1) is 6.92 Å². The van der Waals surface area contributed by atoms with Crippen LogP contribution in [-0.2, 0) is 7.05 Å². The fourth-order valence-corrected chi connectivity index (χ4v) is 1.16. The quantitative estimate of drug-likeness (QED) is 0.621. The maximum absolute atomic E-state index is 3.94. The molecule has 2 aromatic rings. The number of hydrogen-bond acceptors (Lipinski definition) is 3. The molecule has 0 aromatic carbocycles. The summed E-state index contributed by atoms with van der Waals surface area (Å²) >= 11 is 1.63. The van der Waals surface area contributed by atoms with E-state index in [1.807, 2.05) is 37.1 Å². The average molecular weight is 181 g/mol. The molecular formula is C8H11N3S. The highest BCUT2D eigenvalue weighted by Crippen LogP contribution is 1.95. The summed E-state index contributed by atoms with van der Waals surface area (Å²) in [5, 5.41) is 5.85. The van der Waals surface area contributed by atoms with Gasteiger partial charge in [-0.05, 0) is 13.0 Å². The molecule has 3 nitrogen and oxygen atoms in total. The summed E-state index contributed by atoms with van der Waals surface area (Å²) in [7, 11) is 1.89. The van der Waals surface area contributed by atoms with E-state index in [9.17, 15) is 0 Å². The molecule has 0 spiro atoms. The largest absolute Gasteiger partial charge is 0.276 e. The lowest BCUT2D eigenvalue weighted by atomic mass is 10.6. The summed E-state index contributed by atoms with van der Waals surface area (Å²) < 4.78 is 1.75. The topological polar surface area (TPSA) is 30.7 Å². The second kappa shape index (κ2) is 4.66. The first kappa shape index (κ1) is 8.93. The van der Waals surface area contributed by atoms with Gasteiger partial charge < -0.3 is 0 Å². The summed E-state index contributed by atoms with van der Waals surface area (Å²) in [6, 6.07) is 1.89. The Kier molecular flexibility index (Phi) is 3.47. The van der Waals surface area contributed by atoms with Gasteiger partial charge in [0.25, 0.3) is 0 Å². The van der Waals surface area contributed by atoms with E-state index in [0.717, 1.165) is 5.69 Å². The van der Waals surface area contributed by atoms with Gasteiger partial charge in [-0.2, -0.15) is 5.10 Å². The van der Waals surface area contributed by atoms with Crippen molar-refractivity contribution < 1.29 is 0 Å². The lowest BCUT2D eigenvalue weighted by Crippen LogP contribution is -1.83. The van der Waals surface area contributed by atoms with Crippen molar-refractivity contribution in [3.63, 3.8) is 0 Å². The third kappa shape index (κ3) is 3.30. The van der Waals surface area contributed by atoms with Crippen LogP contribution in [0.1, 0.15) is 5.69 Å². The summed E-state index contributed by atoms with van der Waals surface area (Å²) in [5.74, 6) is 0. The molecule has 2 aromatic heterocycles. The number of rotatable bonds is 0. The van der Waals surface area contributed by atoms with Crippen LogP contribution in [0.2, 0.25) is 0 Å². The summed E-state index contributed by atoms with van der Waals surface area (Å²) in [5.41, 5.74) is 2.94. The van der Waals surface area contributed by atoms with E-state index in [1.165, 1.54) is 0 Å². The molecule has 0 unspecified atom stereocenters. The number of thiazole rings is 1. The first-order valence-corrected chi connectivity index (χ1v) is 4.51. The molecule has 0 aliphatic rings. The molecule has 0 N–H and O–H groups in total. The van der Waals surface area contributed by atoms with Crippen LogP contribution in [0.15, 0.2) is 29.4 Å². The van der Waals surface area contributed by atoms with Crippen molar-refractivity contribution in [3.8, 4) is 0 Å². The molecule has 2 rings (SSSR count). The van der Waals surface area contributed by atoms with Gasteiger partial charge >= 0.3 is 0 Å². The van der Waals surface area contributed by atoms with Crippen molar-refractivity contribution in [1.29, 1.82) is 0 Å².